The van der Waals surface area contributed by atoms with Crippen molar-refractivity contribution in [2.24, 2.45) is 52.3 Å². The molecule has 0 N–H and O–H groups in total. The smallest absolute Gasteiger partial charge is 0.263 e. The Balaban J connectivity index is 1.58. The second kappa shape index (κ2) is 8.48. The molecule has 0 radical (unpaired) electrons. The fourth-order valence-electron chi connectivity index (χ4n) is 9.62. The minimum Gasteiger partial charge on any atom is -0.263 e. The van der Waals surface area contributed by atoms with Crippen molar-refractivity contribution >= 4 is 11.6 Å². The minimum atomic E-state index is -1.24. The first kappa shape index (κ1) is 23.8. The fraction of sp³-hybridized carbons (Fsp3) is 1.00. The van der Waals surface area contributed by atoms with Crippen molar-refractivity contribution in [3.63, 3.8) is 0 Å². The van der Waals surface area contributed by atoms with Crippen LogP contribution in [0, 0.1) is 62.4 Å². The SMILES string of the molecule is CC(C)CCC[C@@H](C)C1CCC2C3C[C@@](Cl)([N+](=O)[O-])[C@H]4CCCCC4(C)C3CCC21C. The standard InChI is InChI=1S/C27H46ClNO2/c1-18(2)9-8-10-19(3)21-12-13-22-20-17-27(28,29(30)31)24-11-6-7-15-26(24,5)23(20)14-16-25(21,22)4/h18-24H,6-17H2,1-5H3/t19-,20?,21?,22?,23?,24+,25?,26?,27-/m1/s1. The average molecular weight is 452 g/mol. The molecule has 4 aliphatic carbocycles. The van der Waals surface area contributed by atoms with Gasteiger partial charge in [0.1, 0.15) is 0 Å². The largest absolute Gasteiger partial charge is 0.298 e. The minimum absolute atomic E-state index is 0.0446. The van der Waals surface area contributed by atoms with E-state index < -0.39 is 5.00 Å². The number of halogens is 1. The molecule has 0 amide bonds. The number of fused-ring (bicyclic) bond motifs is 5. The van der Waals surface area contributed by atoms with Crippen LogP contribution in [0.15, 0.2) is 0 Å². The molecule has 0 aromatic carbocycles. The van der Waals surface area contributed by atoms with Gasteiger partial charge in [-0.25, -0.2) is 0 Å². The third-order valence-electron chi connectivity index (χ3n) is 11.1. The maximum absolute atomic E-state index is 12.3. The van der Waals surface area contributed by atoms with Crippen molar-refractivity contribution in [2.75, 3.05) is 0 Å². The van der Waals surface area contributed by atoms with Gasteiger partial charge in [0.2, 0.25) is 0 Å². The maximum atomic E-state index is 12.3. The molecule has 4 fully saturated rings. The molecule has 3 nitrogen and oxygen atoms in total. The summed E-state index contributed by atoms with van der Waals surface area (Å²) in [5.74, 6) is 4.09. The average Bonchev–Trinajstić information content (AvgIpc) is 3.05. The van der Waals surface area contributed by atoms with Gasteiger partial charge in [0.25, 0.3) is 5.00 Å². The number of nitro groups is 1. The summed E-state index contributed by atoms with van der Waals surface area (Å²) in [6.45, 7) is 12.1. The molecule has 0 saturated heterocycles. The van der Waals surface area contributed by atoms with Gasteiger partial charge in [-0.15, -0.1) is 0 Å². The van der Waals surface area contributed by atoms with Gasteiger partial charge in [-0.1, -0.05) is 66.7 Å². The van der Waals surface area contributed by atoms with Crippen LogP contribution in [0.3, 0.4) is 0 Å². The molecule has 178 valence electrons. The molecule has 0 spiro atoms. The Morgan fingerprint density at radius 2 is 1.68 bits per heavy atom. The first-order valence-corrected chi connectivity index (χ1v) is 13.7. The fourth-order valence-corrected chi connectivity index (χ4v) is 10.2. The van der Waals surface area contributed by atoms with Crippen LogP contribution in [0.4, 0.5) is 0 Å². The number of rotatable bonds is 6. The predicted molar refractivity (Wildman–Crippen MR) is 129 cm³/mol. The van der Waals surface area contributed by atoms with Crippen molar-refractivity contribution in [3.05, 3.63) is 10.1 Å². The highest BCUT2D eigenvalue weighted by Crippen LogP contribution is 2.70. The van der Waals surface area contributed by atoms with Crippen LogP contribution in [0.2, 0.25) is 0 Å². The summed E-state index contributed by atoms with van der Waals surface area (Å²) >= 11 is 7.03. The molecule has 4 heteroatoms. The highest BCUT2D eigenvalue weighted by atomic mass is 35.5. The summed E-state index contributed by atoms with van der Waals surface area (Å²) in [6.07, 6.45) is 14.2. The van der Waals surface area contributed by atoms with E-state index in [1.807, 2.05) is 0 Å². The van der Waals surface area contributed by atoms with Gasteiger partial charge in [-0.2, -0.15) is 0 Å². The lowest BCUT2D eigenvalue weighted by Gasteiger charge is -2.62. The molecule has 0 bridgehead atoms. The van der Waals surface area contributed by atoms with Gasteiger partial charge in [0, 0.05) is 11.3 Å². The summed E-state index contributed by atoms with van der Waals surface area (Å²) in [7, 11) is 0. The normalized spacial score (nSPS) is 48.0. The molecule has 0 heterocycles. The van der Waals surface area contributed by atoms with Gasteiger partial charge in [-0.3, -0.25) is 10.1 Å². The predicted octanol–water partition coefficient (Wildman–Crippen LogP) is 8.32. The lowest BCUT2D eigenvalue weighted by Crippen LogP contribution is -2.62. The van der Waals surface area contributed by atoms with Crippen LogP contribution >= 0.6 is 11.6 Å². The Labute approximate surface area is 195 Å². The van der Waals surface area contributed by atoms with E-state index >= 15 is 0 Å². The molecule has 4 aliphatic rings. The van der Waals surface area contributed by atoms with Gasteiger partial charge < -0.3 is 0 Å². The van der Waals surface area contributed by atoms with E-state index in [4.69, 9.17) is 11.6 Å². The van der Waals surface area contributed by atoms with Crippen LogP contribution in [0.5, 0.6) is 0 Å². The molecule has 9 atom stereocenters. The second-order valence-electron chi connectivity index (χ2n) is 13.0. The van der Waals surface area contributed by atoms with Crippen LogP contribution in [-0.4, -0.2) is 9.92 Å². The van der Waals surface area contributed by atoms with Crippen LogP contribution < -0.4 is 0 Å². The van der Waals surface area contributed by atoms with Crippen molar-refractivity contribution in [2.45, 2.75) is 117 Å². The highest BCUT2D eigenvalue weighted by Gasteiger charge is 2.69. The van der Waals surface area contributed by atoms with Gasteiger partial charge >= 0.3 is 0 Å². The summed E-state index contributed by atoms with van der Waals surface area (Å²) in [5.41, 5.74) is 0.406. The molecule has 6 unspecified atom stereocenters. The third-order valence-corrected chi connectivity index (χ3v) is 11.7. The van der Waals surface area contributed by atoms with Crippen LogP contribution in [0.1, 0.15) is 112 Å². The topological polar surface area (TPSA) is 43.1 Å². The summed E-state index contributed by atoms with van der Waals surface area (Å²) < 4.78 is 0. The molecule has 31 heavy (non-hydrogen) atoms. The molecular formula is C27H46ClNO2. The van der Waals surface area contributed by atoms with E-state index in [0.717, 1.165) is 37.0 Å². The van der Waals surface area contributed by atoms with Crippen molar-refractivity contribution in [1.29, 1.82) is 0 Å². The van der Waals surface area contributed by atoms with Crippen LogP contribution in [0.25, 0.3) is 0 Å². The monoisotopic (exact) mass is 451 g/mol. The van der Waals surface area contributed by atoms with Crippen LogP contribution in [-0.2, 0) is 0 Å². The summed E-state index contributed by atoms with van der Waals surface area (Å²) in [4.78, 5) is 11.0. The van der Waals surface area contributed by atoms with Gasteiger partial charge in [0.05, 0.1) is 5.92 Å². The van der Waals surface area contributed by atoms with Gasteiger partial charge in [-0.05, 0) is 96.5 Å². The highest BCUT2D eigenvalue weighted by molar-refractivity contribution is 6.23. The van der Waals surface area contributed by atoms with E-state index in [2.05, 4.69) is 34.6 Å². The zero-order valence-electron chi connectivity index (χ0n) is 20.7. The lowest BCUT2D eigenvalue weighted by atomic mass is 9.43. The number of hydrogen-bond donors (Lipinski definition) is 0. The Hall–Kier alpha value is -0.310. The first-order valence-electron chi connectivity index (χ1n) is 13.4. The van der Waals surface area contributed by atoms with Gasteiger partial charge in [0.15, 0.2) is 0 Å². The zero-order chi connectivity index (χ0) is 22.6. The summed E-state index contributed by atoms with van der Waals surface area (Å²) in [5, 5.41) is 12.3. The summed E-state index contributed by atoms with van der Waals surface area (Å²) in [6, 6.07) is 0. The molecule has 0 aliphatic heterocycles. The van der Waals surface area contributed by atoms with Crippen molar-refractivity contribution in [3.8, 4) is 0 Å². The van der Waals surface area contributed by atoms with E-state index in [9.17, 15) is 10.1 Å². The van der Waals surface area contributed by atoms with Crippen molar-refractivity contribution < 1.29 is 4.92 Å². The zero-order valence-corrected chi connectivity index (χ0v) is 21.4. The number of hydrogen-bond acceptors (Lipinski definition) is 2. The first-order chi connectivity index (χ1) is 14.5. The Morgan fingerprint density at radius 3 is 2.35 bits per heavy atom. The lowest BCUT2D eigenvalue weighted by molar-refractivity contribution is -0.567. The van der Waals surface area contributed by atoms with E-state index in [1.165, 1.54) is 51.4 Å². The quantitative estimate of drug-likeness (QED) is 0.176. The van der Waals surface area contributed by atoms with E-state index in [0.29, 0.717) is 29.6 Å². The Bertz CT molecular complexity index is 682. The molecule has 4 saturated carbocycles. The third kappa shape index (κ3) is 3.77. The van der Waals surface area contributed by atoms with E-state index in [-0.39, 0.29) is 16.3 Å². The number of nitrogens with zero attached hydrogens (tertiary/aromatic N) is 1. The Kier molecular flexibility index (Phi) is 6.52. The molecular weight excluding hydrogens is 406 g/mol. The van der Waals surface area contributed by atoms with Crippen molar-refractivity contribution in [1.82, 2.24) is 0 Å². The molecule has 0 aromatic rings. The molecule has 4 rings (SSSR count). The second-order valence-corrected chi connectivity index (χ2v) is 13.6. The number of alkyl halides is 1. The molecule has 0 aromatic heterocycles. The van der Waals surface area contributed by atoms with E-state index in [1.54, 1.807) is 0 Å². The maximum Gasteiger partial charge on any atom is 0.298 e. The Morgan fingerprint density at radius 1 is 0.968 bits per heavy atom.